The topological polar surface area (TPSA) is 67.8 Å². The zero-order valence-electron chi connectivity index (χ0n) is 13.2. The molecule has 3 aliphatic heterocycles. The third kappa shape index (κ3) is 2.29. The molecule has 0 bridgehead atoms. The van der Waals surface area contributed by atoms with E-state index in [-0.39, 0.29) is 24.2 Å². The van der Waals surface area contributed by atoms with Crippen LogP contribution in [0.3, 0.4) is 0 Å². The molecule has 0 amide bonds. The second kappa shape index (κ2) is 5.28. The van der Waals surface area contributed by atoms with E-state index in [0.29, 0.717) is 18.0 Å². The maximum absolute atomic E-state index is 11.3. The van der Waals surface area contributed by atoms with Crippen LogP contribution in [0.4, 0.5) is 0 Å². The highest BCUT2D eigenvalue weighted by Gasteiger charge is 2.40. The fraction of sp³-hybridized carbons (Fsp3) is 0.588. The van der Waals surface area contributed by atoms with Crippen molar-refractivity contribution >= 4 is 17.6 Å². The van der Waals surface area contributed by atoms with Gasteiger partial charge in [0.15, 0.2) is 0 Å². The Bertz CT molecular complexity index is 651. The van der Waals surface area contributed by atoms with E-state index in [1.807, 2.05) is 13.8 Å². The molecule has 1 saturated heterocycles. The van der Waals surface area contributed by atoms with E-state index in [1.165, 1.54) is 0 Å². The van der Waals surface area contributed by atoms with E-state index >= 15 is 0 Å². The first-order valence-electron chi connectivity index (χ1n) is 8.12. The van der Waals surface area contributed by atoms with Crippen molar-refractivity contribution in [3.8, 4) is 11.5 Å². The number of carboxylic acid groups (broad SMARTS) is 1. The summed E-state index contributed by atoms with van der Waals surface area (Å²) in [6.07, 6.45) is 2.28. The van der Waals surface area contributed by atoms with E-state index in [2.05, 4.69) is 5.32 Å². The molecule has 0 saturated carbocycles. The fourth-order valence-corrected chi connectivity index (χ4v) is 4.33. The van der Waals surface area contributed by atoms with E-state index in [0.717, 1.165) is 41.0 Å². The van der Waals surface area contributed by atoms with Crippen molar-refractivity contribution in [2.45, 2.75) is 51.4 Å². The quantitative estimate of drug-likeness (QED) is 0.868. The molecule has 124 valence electrons. The first-order valence-corrected chi connectivity index (χ1v) is 8.50. The van der Waals surface area contributed by atoms with Crippen LogP contribution in [0.15, 0.2) is 0 Å². The number of carboxylic acids is 1. The summed E-state index contributed by atoms with van der Waals surface area (Å²) in [4.78, 5) is 11.3. The van der Waals surface area contributed by atoms with Gasteiger partial charge in [-0.3, -0.25) is 4.79 Å². The molecule has 1 aromatic rings. The van der Waals surface area contributed by atoms with Gasteiger partial charge in [-0.05, 0) is 20.3 Å². The van der Waals surface area contributed by atoms with E-state index in [4.69, 9.17) is 21.1 Å². The predicted octanol–water partition coefficient (Wildman–Crippen LogP) is 2.72. The lowest BCUT2D eigenvalue weighted by atomic mass is 9.91. The Labute approximate surface area is 139 Å². The third-order valence-corrected chi connectivity index (χ3v) is 5.43. The van der Waals surface area contributed by atoms with Gasteiger partial charge >= 0.3 is 5.97 Å². The molecule has 3 heterocycles. The highest BCUT2D eigenvalue weighted by Crippen LogP contribution is 2.52. The average Bonchev–Trinajstić information content (AvgIpc) is 3.17. The van der Waals surface area contributed by atoms with Gasteiger partial charge in [-0.1, -0.05) is 11.6 Å². The zero-order valence-corrected chi connectivity index (χ0v) is 13.9. The van der Waals surface area contributed by atoms with Crippen molar-refractivity contribution in [2.75, 3.05) is 6.54 Å². The molecule has 4 rings (SSSR count). The number of ether oxygens (including phenoxy) is 2. The standard InChI is InChI=1S/C17H20ClNO4/c1-7-3-10-13(12-5-9(6-19-12)17(20)21)15-11(4-8(2)22-15)14(18)16(10)23-7/h7-9,12,19H,3-6H2,1-2H3,(H,20,21). The third-order valence-electron chi connectivity index (χ3n) is 5.03. The summed E-state index contributed by atoms with van der Waals surface area (Å²) < 4.78 is 12.0. The first-order chi connectivity index (χ1) is 11.0. The van der Waals surface area contributed by atoms with Crippen LogP contribution in [-0.2, 0) is 17.6 Å². The molecule has 0 aromatic heterocycles. The number of rotatable bonds is 2. The van der Waals surface area contributed by atoms with Crippen LogP contribution in [0, 0.1) is 5.92 Å². The molecular weight excluding hydrogens is 318 g/mol. The SMILES string of the molecule is CC1Cc2c(c(Cl)c3c(c2C2CC(C(=O)O)CN2)OC(C)C3)O1. The number of fused-ring (bicyclic) bond motifs is 2. The first kappa shape index (κ1) is 15.1. The molecule has 4 atom stereocenters. The lowest BCUT2D eigenvalue weighted by Crippen LogP contribution is -2.18. The molecule has 5 nitrogen and oxygen atoms in total. The van der Waals surface area contributed by atoms with E-state index < -0.39 is 5.97 Å². The van der Waals surface area contributed by atoms with E-state index in [1.54, 1.807) is 0 Å². The van der Waals surface area contributed by atoms with E-state index in [9.17, 15) is 9.90 Å². The maximum Gasteiger partial charge on any atom is 0.307 e. The van der Waals surface area contributed by atoms with Gasteiger partial charge in [0.1, 0.15) is 23.7 Å². The molecule has 3 aliphatic rings. The lowest BCUT2D eigenvalue weighted by Gasteiger charge is -2.20. The summed E-state index contributed by atoms with van der Waals surface area (Å²) in [6.45, 7) is 4.53. The van der Waals surface area contributed by atoms with Crippen LogP contribution in [0.1, 0.15) is 43.0 Å². The molecule has 0 aliphatic carbocycles. The van der Waals surface area contributed by atoms with Crippen LogP contribution in [0.5, 0.6) is 11.5 Å². The van der Waals surface area contributed by atoms with Gasteiger partial charge in [0.2, 0.25) is 0 Å². The Morgan fingerprint density at radius 1 is 1.17 bits per heavy atom. The van der Waals surface area contributed by atoms with Gasteiger partial charge in [0, 0.05) is 42.1 Å². The van der Waals surface area contributed by atoms with Crippen molar-refractivity contribution in [1.82, 2.24) is 5.32 Å². The molecule has 0 spiro atoms. The highest BCUT2D eigenvalue weighted by atomic mass is 35.5. The van der Waals surface area contributed by atoms with Gasteiger partial charge in [-0.25, -0.2) is 0 Å². The highest BCUT2D eigenvalue weighted by molar-refractivity contribution is 6.33. The number of nitrogens with one attached hydrogen (secondary N) is 1. The van der Waals surface area contributed by atoms with Gasteiger partial charge in [-0.15, -0.1) is 0 Å². The Hall–Kier alpha value is -1.46. The van der Waals surface area contributed by atoms with Crippen LogP contribution >= 0.6 is 11.6 Å². The van der Waals surface area contributed by atoms with Gasteiger partial charge in [0.25, 0.3) is 0 Å². The maximum atomic E-state index is 11.3. The average molecular weight is 338 g/mol. The molecule has 4 unspecified atom stereocenters. The van der Waals surface area contributed by atoms with Crippen molar-refractivity contribution < 1.29 is 19.4 Å². The number of benzene rings is 1. The summed E-state index contributed by atoms with van der Waals surface area (Å²) in [6, 6.07) is -0.0185. The Morgan fingerprint density at radius 2 is 1.83 bits per heavy atom. The minimum atomic E-state index is -0.749. The van der Waals surface area contributed by atoms with Crippen molar-refractivity contribution in [3.63, 3.8) is 0 Å². The molecule has 23 heavy (non-hydrogen) atoms. The predicted molar refractivity (Wildman–Crippen MR) is 85.5 cm³/mol. The second-order valence-electron chi connectivity index (χ2n) is 6.84. The number of carbonyl (C=O) groups is 1. The van der Waals surface area contributed by atoms with Crippen LogP contribution in [0.2, 0.25) is 5.02 Å². The van der Waals surface area contributed by atoms with Gasteiger partial charge < -0.3 is 19.9 Å². The normalized spacial score (nSPS) is 31.4. The number of hydrogen-bond donors (Lipinski definition) is 2. The monoisotopic (exact) mass is 337 g/mol. The summed E-state index contributed by atoms with van der Waals surface area (Å²) in [7, 11) is 0. The van der Waals surface area contributed by atoms with Crippen LogP contribution in [-0.4, -0.2) is 29.8 Å². The smallest absolute Gasteiger partial charge is 0.307 e. The summed E-state index contributed by atoms with van der Waals surface area (Å²) in [5.41, 5.74) is 3.15. The summed E-state index contributed by atoms with van der Waals surface area (Å²) >= 11 is 6.57. The minimum Gasteiger partial charge on any atom is -0.490 e. The Morgan fingerprint density at radius 3 is 2.48 bits per heavy atom. The van der Waals surface area contributed by atoms with Gasteiger partial charge in [-0.2, -0.15) is 0 Å². The van der Waals surface area contributed by atoms with Crippen molar-refractivity contribution in [3.05, 3.63) is 21.7 Å². The van der Waals surface area contributed by atoms with Crippen molar-refractivity contribution in [2.24, 2.45) is 5.92 Å². The number of halogens is 1. The molecule has 1 aromatic carbocycles. The van der Waals surface area contributed by atoms with Crippen LogP contribution < -0.4 is 14.8 Å². The largest absolute Gasteiger partial charge is 0.490 e. The molecule has 0 radical (unpaired) electrons. The number of hydrogen-bond acceptors (Lipinski definition) is 4. The Balaban J connectivity index is 1.82. The molecule has 2 N–H and O–H groups in total. The fourth-order valence-electron chi connectivity index (χ4n) is 4.01. The Kier molecular flexibility index (Phi) is 3.46. The minimum absolute atomic E-state index is 0.0185. The van der Waals surface area contributed by atoms with Crippen molar-refractivity contribution in [1.29, 1.82) is 0 Å². The molecule has 6 heteroatoms. The lowest BCUT2D eigenvalue weighted by molar-refractivity contribution is -0.141. The zero-order chi connectivity index (χ0) is 16.3. The number of aliphatic carboxylic acids is 1. The molecule has 1 fully saturated rings. The van der Waals surface area contributed by atoms with Gasteiger partial charge in [0.05, 0.1) is 10.9 Å². The van der Waals surface area contributed by atoms with Crippen LogP contribution in [0.25, 0.3) is 0 Å². The summed E-state index contributed by atoms with van der Waals surface area (Å²) in [5, 5.41) is 13.3. The summed E-state index contributed by atoms with van der Waals surface area (Å²) in [5.74, 6) is 0.510. The molecular formula is C17H20ClNO4. The second-order valence-corrected chi connectivity index (χ2v) is 7.22.